The fourth-order valence-electron chi connectivity index (χ4n) is 2.16. The summed E-state index contributed by atoms with van der Waals surface area (Å²) in [6.07, 6.45) is -1.40. The largest absolute Gasteiger partial charge is 0.453 e. The quantitative estimate of drug-likeness (QED) is 0.793. The second-order valence-electron chi connectivity index (χ2n) is 5.10. The number of aromatic nitrogens is 2. The van der Waals surface area contributed by atoms with Gasteiger partial charge in [-0.05, 0) is 62.9 Å². The fraction of sp³-hybridized carbons (Fsp3) is 0.444. The maximum absolute atomic E-state index is 9.55. The summed E-state index contributed by atoms with van der Waals surface area (Å²) in [7, 11) is 0. The maximum atomic E-state index is 9.55. The Kier molecular flexibility index (Phi) is 1.78. The summed E-state index contributed by atoms with van der Waals surface area (Å²) in [6.45, 7) is -4.79. The second kappa shape index (κ2) is 6.29. The molecule has 1 aromatic carbocycles. The minimum atomic E-state index is -3.08. The molecule has 0 amide bonds. The molecule has 0 saturated heterocycles. The maximum Gasteiger partial charge on any atom is 0.171 e. The number of rotatable bonds is 5. The summed E-state index contributed by atoms with van der Waals surface area (Å²) >= 11 is 0.0290. The molecule has 5 heteroatoms. The molecule has 1 heterocycles. The molecule has 1 saturated carbocycles. The van der Waals surface area contributed by atoms with E-state index in [-0.39, 0.29) is 34.8 Å². The molecule has 0 aliphatic heterocycles. The number of thioether (sulfide) groups is 1. The van der Waals surface area contributed by atoms with Crippen molar-refractivity contribution in [3.8, 4) is 17.6 Å². The Balaban J connectivity index is 2.29. The molecule has 23 heavy (non-hydrogen) atoms. The lowest BCUT2D eigenvalue weighted by Gasteiger charge is -2.10. The Hall–Kier alpha value is -1.93. The highest BCUT2D eigenvalue weighted by Gasteiger charge is 2.32. The summed E-state index contributed by atoms with van der Waals surface area (Å²) in [5.41, 5.74) is -2.39. The van der Waals surface area contributed by atoms with Crippen molar-refractivity contribution in [2.75, 3.05) is 6.18 Å². The number of nitriles is 1. The molecule has 120 valence electrons. The monoisotopic (exact) mass is 340 g/mol. The van der Waals surface area contributed by atoms with Gasteiger partial charge in [-0.25, -0.2) is 0 Å². The molecule has 0 unspecified atom stereocenters. The molecule has 1 aromatic heterocycles. The molecule has 0 atom stereocenters. The van der Waals surface area contributed by atoms with Crippen LogP contribution in [-0.2, 0) is 5.83 Å². The number of ether oxygens (including phenoxy) is 1. The molecule has 0 N–H and O–H groups in total. The highest BCUT2D eigenvalue weighted by molar-refractivity contribution is 7.97. The van der Waals surface area contributed by atoms with Gasteiger partial charge in [-0.15, -0.1) is 11.8 Å². The van der Waals surface area contributed by atoms with Crippen molar-refractivity contribution in [2.45, 2.75) is 45.2 Å². The molecule has 1 aliphatic rings. The van der Waals surface area contributed by atoms with E-state index in [0.29, 0.717) is 12.8 Å². The van der Waals surface area contributed by atoms with Crippen LogP contribution in [0, 0.1) is 32.0 Å². The first-order valence-electron chi connectivity index (χ1n) is 13.3. The smallest absolute Gasteiger partial charge is 0.171 e. The van der Waals surface area contributed by atoms with E-state index in [1.807, 2.05) is 0 Å². The normalized spacial score (nSPS) is 24.4. The van der Waals surface area contributed by atoms with Crippen LogP contribution in [0.1, 0.15) is 64.7 Å². The number of benzene rings is 1. The number of nitrogens with zero attached hydrogens (tertiary/aromatic N) is 3. The lowest BCUT2D eigenvalue weighted by Crippen LogP contribution is -1.99. The van der Waals surface area contributed by atoms with Gasteiger partial charge in [-0.2, -0.15) is 10.4 Å². The van der Waals surface area contributed by atoms with Crippen molar-refractivity contribution in [3.05, 3.63) is 40.2 Å². The van der Waals surface area contributed by atoms with E-state index in [1.54, 1.807) is 0 Å². The minimum absolute atomic E-state index is 0.00678. The Morgan fingerprint density at radius 3 is 2.83 bits per heavy atom. The highest BCUT2D eigenvalue weighted by atomic mass is 32.2. The van der Waals surface area contributed by atoms with Crippen molar-refractivity contribution in [2.24, 2.45) is 0 Å². The van der Waals surface area contributed by atoms with Crippen LogP contribution in [0.5, 0.6) is 11.5 Å². The van der Waals surface area contributed by atoms with E-state index in [1.165, 1.54) is 13.0 Å². The van der Waals surface area contributed by atoms with Crippen LogP contribution in [0.3, 0.4) is 0 Å². The Bertz CT molecular complexity index is 1190. The van der Waals surface area contributed by atoms with Gasteiger partial charge in [-0.3, -0.25) is 4.68 Å². The SMILES string of the molecule is [2H]c1c(Oc2c(C3CC3)nn(C([2H])([2H])SC([2H])([2H])[2H])c2C)c([2H])c(C([2H])([2H])[2H])c(C#N)c1C([2H])([2H])[2H]. The van der Waals surface area contributed by atoms with E-state index in [9.17, 15) is 5.26 Å². The third-order valence-corrected chi connectivity index (χ3v) is 3.74. The average Bonchev–Trinajstić information content (AvgIpc) is 3.44. The van der Waals surface area contributed by atoms with Gasteiger partial charge in [0.15, 0.2) is 5.75 Å². The van der Waals surface area contributed by atoms with E-state index < -0.39 is 60.2 Å². The molecule has 0 bridgehead atoms. The molecule has 0 spiro atoms. The van der Waals surface area contributed by atoms with Gasteiger partial charge in [0, 0.05) is 18.3 Å². The zero-order valence-corrected chi connectivity index (χ0v) is 13.0. The second-order valence-corrected chi connectivity index (χ2v) is 5.48. The summed E-state index contributed by atoms with van der Waals surface area (Å²) in [6, 6.07) is -0.244. The molecule has 2 aromatic rings. The number of hydrogen-bond acceptors (Lipinski definition) is 4. The van der Waals surface area contributed by atoms with Gasteiger partial charge in [0.1, 0.15) is 11.4 Å². The molecule has 3 rings (SSSR count). The topological polar surface area (TPSA) is 50.8 Å². The van der Waals surface area contributed by atoms with Gasteiger partial charge in [0.25, 0.3) is 0 Å². The molecule has 0 radical (unpaired) electrons. The van der Waals surface area contributed by atoms with Crippen LogP contribution < -0.4 is 4.74 Å². The van der Waals surface area contributed by atoms with Crippen molar-refractivity contribution in [3.63, 3.8) is 0 Å². The number of hydrogen-bond donors (Lipinski definition) is 0. The lowest BCUT2D eigenvalue weighted by atomic mass is 10.0. The first kappa shape index (κ1) is 6.52. The first-order valence-corrected chi connectivity index (χ1v) is 7.58. The fourth-order valence-corrected chi connectivity index (χ4v) is 2.43. The van der Waals surface area contributed by atoms with E-state index in [2.05, 4.69) is 5.10 Å². The average molecular weight is 341 g/mol. The summed E-state index contributed by atoms with van der Waals surface area (Å²) < 4.78 is 109. The van der Waals surface area contributed by atoms with Gasteiger partial charge >= 0.3 is 0 Å². The van der Waals surface area contributed by atoms with Crippen LogP contribution in [0.2, 0.25) is 0 Å². The van der Waals surface area contributed by atoms with Crippen molar-refractivity contribution >= 4 is 11.8 Å². The summed E-state index contributed by atoms with van der Waals surface area (Å²) in [5.74, 6) is -3.61. The van der Waals surface area contributed by atoms with E-state index in [0.717, 1.165) is 4.68 Å². The summed E-state index contributed by atoms with van der Waals surface area (Å²) in [4.78, 5) is 0. The van der Waals surface area contributed by atoms with Gasteiger partial charge in [-0.1, -0.05) is 0 Å². The summed E-state index contributed by atoms with van der Waals surface area (Å²) in [5, 5.41) is 13.8. The van der Waals surface area contributed by atoms with Crippen LogP contribution in [0.25, 0.3) is 0 Å². The zero-order valence-electron chi connectivity index (χ0n) is 25.1. The third-order valence-electron chi connectivity index (χ3n) is 3.48. The van der Waals surface area contributed by atoms with Crippen molar-refractivity contribution in [1.82, 2.24) is 9.78 Å². The predicted molar refractivity (Wildman–Crippen MR) is 93.2 cm³/mol. The van der Waals surface area contributed by atoms with Crippen LogP contribution >= 0.6 is 11.8 Å². The van der Waals surface area contributed by atoms with Crippen LogP contribution in [0.15, 0.2) is 12.1 Å². The Morgan fingerprint density at radius 2 is 2.26 bits per heavy atom. The standard InChI is InChI=1S/C18H21N3OS/c1-11-7-15(8-12(2)16(11)9-19)22-18-13(3)21(10-23-4)20-17(18)14-5-6-14/h7-8,14H,5-6,10H2,1-4H3/i1D3,2D3,4D3,7D,8D,10D2. The lowest BCUT2D eigenvalue weighted by molar-refractivity contribution is 0.471. The molecule has 4 nitrogen and oxygen atoms in total. The van der Waals surface area contributed by atoms with Crippen molar-refractivity contribution in [1.29, 1.82) is 5.26 Å². The molecule has 1 aliphatic carbocycles. The predicted octanol–water partition coefficient (Wildman–Crippen LogP) is 4.67. The molecular formula is C18H21N3OS. The first-order chi connectivity index (χ1) is 16.2. The Labute approximate surface area is 159 Å². The van der Waals surface area contributed by atoms with Crippen LogP contribution in [-0.4, -0.2) is 16.0 Å². The van der Waals surface area contributed by atoms with E-state index >= 15 is 0 Å². The molecular weight excluding hydrogens is 306 g/mol. The zero-order chi connectivity index (χ0) is 27.6. The van der Waals surface area contributed by atoms with Gasteiger partial charge in [0.2, 0.25) is 0 Å². The van der Waals surface area contributed by atoms with Crippen molar-refractivity contribution < 1.29 is 22.6 Å². The van der Waals surface area contributed by atoms with E-state index in [4.69, 9.17) is 22.6 Å². The van der Waals surface area contributed by atoms with Gasteiger partial charge in [0.05, 0.1) is 28.6 Å². The third kappa shape index (κ3) is 3.09. The molecule has 1 fully saturated rings. The highest BCUT2D eigenvalue weighted by Crippen LogP contribution is 2.46. The Morgan fingerprint density at radius 1 is 1.52 bits per heavy atom. The van der Waals surface area contributed by atoms with Gasteiger partial charge < -0.3 is 4.74 Å². The van der Waals surface area contributed by atoms with Crippen LogP contribution in [0.4, 0.5) is 0 Å². The minimum Gasteiger partial charge on any atom is -0.453 e.